The number of methoxy groups -OCH3 is 1. The number of amides is 1. The molecule has 1 amide bonds. The lowest BCUT2D eigenvalue weighted by molar-refractivity contribution is -0.132. The second-order valence-electron chi connectivity index (χ2n) is 9.03. The molecular formula is C30H27N3O5S2. The van der Waals surface area contributed by atoms with Gasteiger partial charge in [0.05, 0.1) is 25.3 Å². The number of anilines is 1. The van der Waals surface area contributed by atoms with Crippen LogP contribution in [0.15, 0.2) is 82.7 Å². The van der Waals surface area contributed by atoms with Crippen molar-refractivity contribution in [2.45, 2.75) is 30.0 Å². The lowest BCUT2D eigenvalue weighted by atomic mass is 9.95. The molecular weight excluding hydrogens is 546 g/mol. The van der Waals surface area contributed by atoms with Crippen LogP contribution in [0.1, 0.15) is 35.2 Å². The molecule has 0 spiro atoms. The van der Waals surface area contributed by atoms with Gasteiger partial charge in [-0.05, 0) is 61.4 Å². The topological polar surface area (TPSA) is 102 Å². The van der Waals surface area contributed by atoms with Crippen LogP contribution in [0.4, 0.5) is 5.13 Å². The van der Waals surface area contributed by atoms with Crippen LogP contribution in [-0.4, -0.2) is 40.7 Å². The Morgan fingerprint density at radius 3 is 2.48 bits per heavy atom. The molecule has 0 radical (unpaired) electrons. The number of benzene rings is 3. The molecule has 1 aliphatic rings. The Hall–Kier alpha value is -4.15. The monoisotopic (exact) mass is 573 g/mol. The summed E-state index contributed by atoms with van der Waals surface area (Å²) in [4.78, 5) is 28.2. The first-order chi connectivity index (χ1) is 19.4. The van der Waals surface area contributed by atoms with E-state index in [1.54, 1.807) is 55.6 Å². The summed E-state index contributed by atoms with van der Waals surface area (Å²) in [6.45, 7) is 4.37. The molecule has 1 unspecified atom stereocenters. The van der Waals surface area contributed by atoms with E-state index in [2.05, 4.69) is 34.5 Å². The molecule has 40 heavy (non-hydrogen) atoms. The third kappa shape index (κ3) is 5.59. The van der Waals surface area contributed by atoms with Crippen LogP contribution >= 0.6 is 23.1 Å². The maximum Gasteiger partial charge on any atom is 0.301 e. The van der Waals surface area contributed by atoms with Crippen LogP contribution in [0.5, 0.6) is 11.5 Å². The van der Waals surface area contributed by atoms with Crippen molar-refractivity contribution in [1.29, 1.82) is 0 Å². The van der Waals surface area contributed by atoms with Crippen molar-refractivity contribution in [3.63, 3.8) is 0 Å². The van der Waals surface area contributed by atoms with Gasteiger partial charge in [0.15, 0.2) is 4.34 Å². The molecule has 8 nitrogen and oxygen atoms in total. The number of ketones is 1. The standard InChI is InChI=1S/C30H27N3O5S2/c1-4-38-23-7-5-6-21(16-23)25-24(26(34)20-12-14-22(37-3)15-13-20)27(35)28(36)33(25)29-31-32-30(40-29)39-17-19-10-8-18(2)9-11-19/h5-16,25,34H,4,17H2,1-3H3. The summed E-state index contributed by atoms with van der Waals surface area (Å²) in [5, 5.41) is 20.2. The molecule has 1 atom stereocenters. The highest BCUT2D eigenvalue weighted by atomic mass is 32.2. The van der Waals surface area contributed by atoms with Gasteiger partial charge in [0.2, 0.25) is 5.13 Å². The zero-order valence-electron chi connectivity index (χ0n) is 22.2. The minimum Gasteiger partial charge on any atom is -0.507 e. The highest BCUT2D eigenvalue weighted by Gasteiger charge is 2.48. The predicted molar refractivity (Wildman–Crippen MR) is 156 cm³/mol. The quantitative estimate of drug-likeness (QED) is 0.0834. The molecule has 0 aliphatic carbocycles. The van der Waals surface area contributed by atoms with Gasteiger partial charge in [0, 0.05) is 11.3 Å². The van der Waals surface area contributed by atoms with Gasteiger partial charge in [-0.3, -0.25) is 14.5 Å². The molecule has 4 aromatic rings. The highest BCUT2D eigenvalue weighted by molar-refractivity contribution is 8.00. The van der Waals surface area contributed by atoms with Crippen LogP contribution in [0.2, 0.25) is 0 Å². The average Bonchev–Trinajstić information content (AvgIpc) is 3.54. The Bertz CT molecular complexity index is 1560. The first-order valence-corrected chi connectivity index (χ1v) is 14.4. The molecule has 1 aliphatic heterocycles. The Labute approximate surface area is 240 Å². The van der Waals surface area contributed by atoms with E-state index >= 15 is 0 Å². The predicted octanol–water partition coefficient (Wildman–Crippen LogP) is 6.17. The number of aliphatic hydroxyl groups is 1. The Balaban J connectivity index is 1.54. The van der Waals surface area contributed by atoms with E-state index in [0.717, 1.165) is 5.56 Å². The van der Waals surface area contributed by atoms with Gasteiger partial charge in [-0.2, -0.15) is 0 Å². The van der Waals surface area contributed by atoms with E-state index in [4.69, 9.17) is 9.47 Å². The third-order valence-electron chi connectivity index (χ3n) is 6.38. The molecule has 0 saturated carbocycles. The number of carbonyl (C=O) groups is 2. The molecule has 2 heterocycles. The van der Waals surface area contributed by atoms with E-state index in [1.807, 2.05) is 13.8 Å². The minimum atomic E-state index is -0.926. The zero-order valence-corrected chi connectivity index (χ0v) is 23.8. The van der Waals surface area contributed by atoms with Gasteiger partial charge in [0.25, 0.3) is 5.78 Å². The minimum absolute atomic E-state index is 0.0344. The lowest BCUT2D eigenvalue weighted by Gasteiger charge is -2.23. The number of aromatic nitrogens is 2. The van der Waals surface area contributed by atoms with Gasteiger partial charge >= 0.3 is 5.91 Å². The van der Waals surface area contributed by atoms with E-state index in [1.165, 1.54) is 33.6 Å². The van der Waals surface area contributed by atoms with Crippen LogP contribution in [-0.2, 0) is 15.3 Å². The van der Waals surface area contributed by atoms with Gasteiger partial charge in [0.1, 0.15) is 17.3 Å². The number of aliphatic hydroxyl groups excluding tert-OH is 1. The average molecular weight is 574 g/mol. The van der Waals surface area contributed by atoms with E-state index in [-0.39, 0.29) is 16.5 Å². The molecule has 1 aromatic heterocycles. The van der Waals surface area contributed by atoms with Gasteiger partial charge in [-0.1, -0.05) is 65.1 Å². The number of thioether (sulfide) groups is 1. The van der Waals surface area contributed by atoms with E-state index in [0.29, 0.717) is 39.3 Å². The van der Waals surface area contributed by atoms with Crippen LogP contribution in [0.3, 0.4) is 0 Å². The SMILES string of the molecule is CCOc1cccc(C2C(=C(O)c3ccc(OC)cc3)C(=O)C(=O)N2c2nnc(SCc3ccc(C)cc3)s2)c1. The number of ether oxygens (including phenoxy) is 2. The van der Waals surface area contributed by atoms with Crippen molar-refractivity contribution in [2.75, 3.05) is 18.6 Å². The molecule has 10 heteroatoms. The Morgan fingerprint density at radius 1 is 1.02 bits per heavy atom. The number of aryl methyl sites for hydroxylation is 1. The number of nitrogens with zero attached hydrogens (tertiary/aromatic N) is 3. The Morgan fingerprint density at radius 2 is 1.77 bits per heavy atom. The van der Waals surface area contributed by atoms with Crippen molar-refractivity contribution in [2.24, 2.45) is 0 Å². The Kier molecular flexibility index (Phi) is 8.18. The van der Waals surface area contributed by atoms with Crippen molar-refractivity contribution < 1.29 is 24.2 Å². The summed E-state index contributed by atoms with van der Waals surface area (Å²) < 4.78 is 11.6. The van der Waals surface area contributed by atoms with E-state index in [9.17, 15) is 14.7 Å². The molecule has 1 saturated heterocycles. The molecule has 0 bridgehead atoms. The molecule has 5 rings (SSSR count). The van der Waals surface area contributed by atoms with Crippen LogP contribution in [0.25, 0.3) is 5.76 Å². The number of Topliss-reactive ketones (excluding diaryl/α,β-unsaturated/α-hetero) is 1. The van der Waals surface area contributed by atoms with Crippen molar-refractivity contribution in [3.05, 3.63) is 101 Å². The van der Waals surface area contributed by atoms with Crippen LogP contribution in [0, 0.1) is 6.92 Å². The molecule has 1 N–H and O–H groups in total. The summed E-state index contributed by atoms with van der Waals surface area (Å²) in [6.07, 6.45) is 0. The molecule has 3 aromatic carbocycles. The number of hydrogen-bond acceptors (Lipinski definition) is 9. The summed E-state index contributed by atoms with van der Waals surface area (Å²) in [5.74, 6) is 0.000579. The first kappa shape index (κ1) is 27.4. The fraction of sp³-hybridized carbons (Fsp3) is 0.200. The highest BCUT2D eigenvalue weighted by Crippen LogP contribution is 2.44. The zero-order chi connectivity index (χ0) is 28.2. The lowest BCUT2D eigenvalue weighted by Crippen LogP contribution is -2.29. The van der Waals surface area contributed by atoms with Crippen molar-refractivity contribution in [1.82, 2.24) is 10.2 Å². The summed E-state index contributed by atoms with van der Waals surface area (Å²) in [5.41, 5.74) is 3.28. The molecule has 1 fully saturated rings. The van der Waals surface area contributed by atoms with Gasteiger partial charge < -0.3 is 14.6 Å². The maximum atomic E-state index is 13.5. The molecule has 204 valence electrons. The summed E-state index contributed by atoms with van der Waals surface area (Å²) in [7, 11) is 1.54. The second kappa shape index (κ2) is 11.9. The fourth-order valence-corrected chi connectivity index (χ4v) is 6.20. The normalized spacial score (nSPS) is 16.4. The van der Waals surface area contributed by atoms with Crippen molar-refractivity contribution in [3.8, 4) is 11.5 Å². The largest absolute Gasteiger partial charge is 0.507 e. The number of carbonyl (C=O) groups excluding carboxylic acids is 2. The van der Waals surface area contributed by atoms with Crippen molar-refractivity contribution >= 4 is 45.7 Å². The number of rotatable bonds is 9. The smallest absolute Gasteiger partial charge is 0.301 e. The second-order valence-corrected chi connectivity index (χ2v) is 11.2. The number of hydrogen-bond donors (Lipinski definition) is 1. The fourth-order valence-electron chi connectivity index (χ4n) is 4.38. The van der Waals surface area contributed by atoms with Crippen LogP contribution < -0.4 is 14.4 Å². The van der Waals surface area contributed by atoms with E-state index < -0.39 is 17.7 Å². The maximum absolute atomic E-state index is 13.5. The first-order valence-electron chi connectivity index (χ1n) is 12.6. The van der Waals surface area contributed by atoms with Gasteiger partial charge in [-0.15, -0.1) is 10.2 Å². The third-order valence-corrected chi connectivity index (χ3v) is 8.50. The summed E-state index contributed by atoms with van der Waals surface area (Å²) >= 11 is 2.73. The summed E-state index contributed by atoms with van der Waals surface area (Å²) in [6, 6.07) is 21.1. The van der Waals surface area contributed by atoms with Gasteiger partial charge in [-0.25, -0.2) is 0 Å².